The largest absolute Gasteiger partial charge is 0.493 e. The van der Waals surface area contributed by atoms with Gasteiger partial charge in [-0.25, -0.2) is 0 Å². The molecule has 1 aromatic carbocycles. The fourth-order valence-electron chi connectivity index (χ4n) is 3.68. The summed E-state index contributed by atoms with van der Waals surface area (Å²) in [6.45, 7) is 3.72. The lowest BCUT2D eigenvalue weighted by molar-refractivity contribution is -0.121. The van der Waals surface area contributed by atoms with Gasteiger partial charge in [-0.3, -0.25) is 9.59 Å². The molecule has 0 unspecified atom stereocenters. The molecule has 1 amide bonds. The molecule has 0 bridgehead atoms. The van der Waals surface area contributed by atoms with Crippen molar-refractivity contribution >= 4 is 5.91 Å². The van der Waals surface area contributed by atoms with E-state index in [9.17, 15) is 9.59 Å². The molecule has 2 aromatic rings. The molecule has 0 atom stereocenters. The number of hydrogen-bond donors (Lipinski definition) is 2. The van der Waals surface area contributed by atoms with Crippen molar-refractivity contribution in [1.29, 1.82) is 0 Å². The second-order valence-electron chi connectivity index (χ2n) is 7.67. The van der Waals surface area contributed by atoms with Crippen LogP contribution < -0.4 is 20.3 Å². The van der Waals surface area contributed by atoms with Gasteiger partial charge in [-0.2, -0.15) is 0 Å². The summed E-state index contributed by atoms with van der Waals surface area (Å²) in [7, 11) is 3.15. The van der Waals surface area contributed by atoms with Crippen LogP contribution in [-0.2, 0) is 17.6 Å². The monoisotopic (exact) mass is 429 g/mol. The number of aromatic amines is 1. The summed E-state index contributed by atoms with van der Waals surface area (Å²) < 4.78 is 10.5. The number of ether oxygens (including phenoxy) is 2. The number of nitrogens with one attached hydrogen (secondary N) is 2. The molecule has 2 N–H and O–H groups in total. The number of rotatable bonds is 10. The molecule has 3 rings (SSSR count). The minimum absolute atomic E-state index is 0.0763. The third kappa shape index (κ3) is 6.78. The van der Waals surface area contributed by atoms with Gasteiger partial charge in [-0.05, 0) is 43.6 Å². The quantitative estimate of drug-likeness (QED) is 0.586. The summed E-state index contributed by atoms with van der Waals surface area (Å²) in [4.78, 5) is 29.6. The van der Waals surface area contributed by atoms with E-state index in [-0.39, 0.29) is 30.0 Å². The summed E-state index contributed by atoms with van der Waals surface area (Å²) >= 11 is 0. The molecule has 1 aromatic heterocycles. The van der Waals surface area contributed by atoms with Gasteiger partial charge in [-0.1, -0.05) is 12.5 Å². The maximum atomic E-state index is 12.3. The van der Waals surface area contributed by atoms with Crippen LogP contribution in [0.25, 0.3) is 0 Å². The van der Waals surface area contributed by atoms with Gasteiger partial charge in [0.1, 0.15) is 11.5 Å². The molecule has 1 fully saturated rings. The van der Waals surface area contributed by atoms with Crippen LogP contribution in [0, 0.1) is 0 Å². The molecule has 0 aliphatic carbocycles. The first-order valence-electron chi connectivity index (χ1n) is 10.7. The van der Waals surface area contributed by atoms with E-state index in [0.29, 0.717) is 30.3 Å². The number of piperidine rings is 1. The highest BCUT2D eigenvalue weighted by molar-refractivity contribution is 5.76. The predicted molar refractivity (Wildman–Crippen MR) is 117 cm³/mol. The molecule has 168 valence electrons. The highest BCUT2D eigenvalue weighted by atomic mass is 16.5. The Labute approximate surface area is 182 Å². The Morgan fingerprint density at radius 1 is 1.13 bits per heavy atom. The van der Waals surface area contributed by atoms with Crippen LogP contribution in [0.1, 0.15) is 42.8 Å². The number of H-pyrrole nitrogens is 1. The number of likely N-dealkylation sites (tertiary alicyclic amines) is 1. The van der Waals surface area contributed by atoms with Crippen LogP contribution in [0.4, 0.5) is 0 Å². The zero-order chi connectivity index (χ0) is 22.1. The Balaban J connectivity index is 1.48. The van der Waals surface area contributed by atoms with Crippen molar-refractivity contribution < 1.29 is 14.3 Å². The minimum atomic E-state index is -0.313. The fourth-order valence-corrected chi connectivity index (χ4v) is 3.68. The lowest BCUT2D eigenvalue weighted by atomic mass is 10.1. The second-order valence-corrected chi connectivity index (χ2v) is 7.67. The number of carbonyl (C=O) groups is 1. The Kier molecular flexibility index (Phi) is 8.40. The van der Waals surface area contributed by atoms with Crippen molar-refractivity contribution in [3.8, 4) is 11.5 Å². The number of aromatic nitrogens is 3. The Morgan fingerprint density at radius 2 is 1.90 bits per heavy atom. The number of nitrogens with zero attached hydrogens (tertiary/aromatic N) is 3. The summed E-state index contributed by atoms with van der Waals surface area (Å²) in [5.74, 6) is 1.62. The molecule has 9 heteroatoms. The van der Waals surface area contributed by atoms with E-state index in [1.165, 1.54) is 19.3 Å². The van der Waals surface area contributed by atoms with Gasteiger partial charge in [0.05, 0.1) is 14.2 Å². The van der Waals surface area contributed by atoms with Crippen LogP contribution in [0.3, 0.4) is 0 Å². The van der Waals surface area contributed by atoms with E-state index in [0.717, 1.165) is 25.2 Å². The second kappa shape index (κ2) is 11.5. The van der Waals surface area contributed by atoms with Gasteiger partial charge in [0.25, 0.3) is 5.56 Å². The van der Waals surface area contributed by atoms with Crippen molar-refractivity contribution in [3.05, 3.63) is 45.6 Å². The number of carbonyl (C=O) groups excluding carboxylic acids is 1. The van der Waals surface area contributed by atoms with Crippen LogP contribution in [-0.4, -0.2) is 66.4 Å². The fraction of sp³-hybridized carbons (Fsp3) is 0.545. The number of amides is 1. The van der Waals surface area contributed by atoms with Crippen molar-refractivity contribution in [2.45, 2.75) is 38.5 Å². The summed E-state index contributed by atoms with van der Waals surface area (Å²) in [5, 5.41) is 11.1. The lowest BCUT2D eigenvalue weighted by Crippen LogP contribution is -2.37. The van der Waals surface area contributed by atoms with E-state index >= 15 is 0 Å². The van der Waals surface area contributed by atoms with E-state index in [1.807, 2.05) is 12.1 Å². The van der Waals surface area contributed by atoms with Crippen LogP contribution in [0.2, 0.25) is 0 Å². The van der Waals surface area contributed by atoms with Crippen LogP contribution in [0.5, 0.6) is 11.5 Å². The van der Waals surface area contributed by atoms with Gasteiger partial charge in [0, 0.05) is 32.4 Å². The highest BCUT2D eigenvalue weighted by Gasteiger charge is 2.12. The van der Waals surface area contributed by atoms with Crippen LogP contribution in [0.15, 0.2) is 23.0 Å². The van der Waals surface area contributed by atoms with Crippen molar-refractivity contribution in [2.24, 2.45) is 0 Å². The lowest BCUT2D eigenvalue weighted by Gasteiger charge is -2.26. The first kappa shape index (κ1) is 22.7. The maximum Gasteiger partial charge on any atom is 0.272 e. The molecule has 0 saturated carbocycles. The van der Waals surface area contributed by atoms with E-state index in [1.54, 1.807) is 20.3 Å². The zero-order valence-corrected chi connectivity index (χ0v) is 18.3. The van der Waals surface area contributed by atoms with Crippen molar-refractivity contribution in [1.82, 2.24) is 25.4 Å². The molecular formula is C22H31N5O4. The number of benzene rings is 1. The molecule has 1 aliphatic rings. The van der Waals surface area contributed by atoms with E-state index in [2.05, 4.69) is 25.4 Å². The Morgan fingerprint density at radius 3 is 2.61 bits per heavy atom. The molecule has 9 nitrogen and oxygen atoms in total. The third-order valence-electron chi connectivity index (χ3n) is 5.42. The van der Waals surface area contributed by atoms with Crippen molar-refractivity contribution in [3.63, 3.8) is 0 Å². The van der Waals surface area contributed by atoms with Gasteiger partial charge < -0.3 is 24.7 Å². The van der Waals surface area contributed by atoms with Gasteiger partial charge >= 0.3 is 0 Å². The molecular weight excluding hydrogens is 398 g/mol. The summed E-state index contributed by atoms with van der Waals surface area (Å²) in [5.41, 5.74) is 0.859. The summed E-state index contributed by atoms with van der Waals surface area (Å²) in [6, 6.07) is 5.52. The molecule has 0 spiro atoms. The number of hydrogen-bond acceptors (Lipinski definition) is 7. The number of aryl methyl sites for hydroxylation is 1. The smallest absolute Gasteiger partial charge is 0.272 e. The normalized spacial score (nSPS) is 14.3. The average Bonchev–Trinajstić information content (AvgIpc) is 2.79. The topological polar surface area (TPSA) is 109 Å². The molecule has 1 saturated heterocycles. The molecule has 1 aliphatic heterocycles. The Bertz CT molecular complexity index is 924. The van der Waals surface area contributed by atoms with Crippen molar-refractivity contribution in [2.75, 3.05) is 40.4 Å². The third-order valence-corrected chi connectivity index (χ3v) is 5.42. The minimum Gasteiger partial charge on any atom is -0.493 e. The van der Waals surface area contributed by atoms with Gasteiger partial charge in [-0.15, -0.1) is 10.2 Å². The standard InChI is InChI=1S/C22H31N5O4/c1-30-18-8-6-16(14-19(18)31-2)15-20-24-22(29)17(25-26-20)7-9-21(28)23-10-13-27-11-4-3-5-12-27/h6,8,14H,3-5,7,9-13,15H2,1-2H3,(H,23,28)(H,24,26,29). The summed E-state index contributed by atoms with van der Waals surface area (Å²) in [6.07, 6.45) is 4.64. The number of methoxy groups -OCH3 is 2. The van der Waals surface area contributed by atoms with E-state index < -0.39 is 0 Å². The average molecular weight is 430 g/mol. The zero-order valence-electron chi connectivity index (χ0n) is 18.3. The molecule has 0 radical (unpaired) electrons. The Hall–Kier alpha value is -2.94. The first-order valence-corrected chi connectivity index (χ1v) is 10.7. The van der Waals surface area contributed by atoms with Gasteiger partial charge in [0.2, 0.25) is 5.91 Å². The first-order chi connectivity index (χ1) is 15.1. The van der Waals surface area contributed by atoms with Crippen LogP contribution >= 0.6 is 0 Å². The highest BCUT2D eigenvalue weighted by Crippen LogP contribution is 2.28. The molecule has 31 heavy (non-hydrogen) atoms. The van der Waals surface area contributed by atoms with Gasteiger partial charge in [0.15, 0.2) is 11.5 Å². The molecule has 2 heterocycles. The maximum absolute atomic E-state index is 12.3. The SMILES string of the molecule is COc1ccc(Cc2nnc(CCC(=O)NCCN3CCCCC3)c(=O)[nH]2)cc1OC. The van der Waals surface area contributed by atoms with E-state index in [4.69, 9.17) is 9.47 Å². The predicted octanol–water partition coefficient (Wildman–Crippen LogP) is 1.31.